The van der Waals surface area contributed by atoms with Gasteiger partial charge in [-0.25, -0.2) is 4.98 Å². The minimum absolute atomic E-state index is 0.0364. The highest BCUT2D eigenvalue weighted by molar-refractivity contribution is 7.98. The third-order valence-corrected chi connectivity index (χ3v) is 6.65. The lowest BCUT2D eigenvalue weighted by molar-refractivity contribution is 0.672. The van der Waals surface area contributed by atoms with Gasteiger partial charge >= 0.3 is 0 Å². The first-order valence-corrected chi connectivity index (χ1v) is 10.0. The van der Waals surface area contributed by atoms with Crippen molar-refractivity contribution in [3.05, 3.63) is 68.3 Å². The standard InChI is InChI=1S/C20H22N2OS2/c1-6-9-22-19(23)17-14(4)15(5)25-18(17)21-20(22)24-11-16-8-7-12(2)13(3)10-16/h6-8,10H,1,9,11H2,2-5H3. The van der Waals surface area contributed by atoms with Crippen LogP contribution in [0.1, 0.15) is 27.1 Å². The minimum atomic E-state index is 0.0364. The molecule has 0 saturated heterocycles. The summed E-state index contributed by atoms with van der Waals surface area (Å²) in [6, 6.07) is 6.49. The molecule has 0 N–H and O–H groups in total. The predicted molar refractivity (Wildman–Crippen MR) is 109 cm³/mol. The summed E-state index contributed by atoms with van der Waals surface area (Å²) in [4.78, 5) is 19.7. The molecule has 0 spiro atoms. The number of rotatable bonds is 5. The van der Waals surface area contributed by atoms with Crippen molar-refractivity contribution in [2.24, 2.45) is 0 Å². The Balaban J connectivity index is 2.02. The quantitative estimate of drug-likeness (QED) is 0.353. The molecule has 0 aliphatic rings. The fraction of sp³-hybridized carbons (Fsp3) is 0.300. The van der Waals surface area contributed by atoms with E-state index in [0.29, 0.717) is 6.54 Å². The molecule has 0 fully saturated rings. The molecule has 2 aromatic heterocycles. The first kappa shape index (κ1) is 18.0. The van der Waals surface area contributed by atoms with Gasteiger partial charge in [-0.05, 0) is 49.9 Å². The van der Waals surface area contributed by atoms with Crippen LogP contribution in [0.3, 0.4) is 0 Å². The number of allylic oxidation sites excluding steroid dienone is 1. The van der Waals surface area contributed by atoms with Gasteiger partial charge in [0.1, 0.15) is 4.83 Å². The Kier molecular flexibility index (Phi) is 5.16. The maximum Gasteiger partial charge on any atom is 0.263 e. The number of nitrogens with zero attached hydrogens (tertiary/aromatic N) is 2. The zero-order valence-electron chi connectivity index (χ0n) is 15.0. The Morgan fingerprint density at radius 3 is 2.68 bits per heavy atom. The molecule has 3 nitrogen and oxygen atoms in total. The summed E-state index contributed by atoms with van der Waals surface area (Å²) in [5.74, 6) is 0.791. The zero-order chi connectivity index (χ0) is 18.1. The Hall–Kier alpha value is -1.85. The van der Waals surface area contributed by atoms with Crippen LogP contribution in [-0.4, -0.2) is 9.55 Å². The molecule has 0 radical (unpaired) electrons. The first-order chi connectivity index (χ1) is 11.9. The smallest absolute Gasteiger partial charge is 0.263 e. The van der Waals surface area contributed by atoms with E-state index in [1.165, 1.54) is 16.7 Å². The molecule has 0 aliphatic heterocycles. The molecule has 2 heterocycles. The molecule has 3 rings (SSSR count). The average Bonchev–Trinajstić information content (AvgIpc) is 2.86. The Labute approximate surface area is 156 Å². The van der Waals surface area contributed by atoms with Crippen molar-refractivity contribution in [1.82, 2.24) is 9.55 Å². The average molecular weight is 371 g/mol. The third kappa shape index (κ3) is 3.44. The molecule has 3 aromatic rings. The topological polar surface area (TPSA) is 34.9 Å². The van der Waals surface area contributed by atoms with Gasteiger partial charge in [0.15, 0.2) is 5.16 Å². The van der Waals surface area contributed by atoms with E-state index >= 15 is 0 Å². The van der Waals surface area contributed by atoms with Gasteiger partial charge < -0.3 is 0 Å². The van der Waals surface area contributed by atoms with E-state index in [9.17, 15) is 4.79 Å². The van der Waals surface area contributed by atoms with E-state index in [0.717, 1.165) is 31.6 Å². The van der Waals surface area contributed by atoms with Crippen LogP contribution in [0.15, 0.2) is 40.8 Å². The lowest BCUT2D eigenvalue weighted by atomic mass is 10.1. The molecular formula is C20H22N2OS2. The van der Waals surface area contributed by atoms with Crippen LogP contribution in [0.25, 0.3) is 10.2 Å². The number of hydrogen-bond donors (Lipinski definition) is 0. The van der Waals surface area contributed by atoms with Crippen molar-refractivity contribution in [3.63, 3.8) is 0 Å². The number of thiophene rings is 1. The van der Waals surface area contributed by atoms with E-state index < -0.39 is 0 Å². The lowest BCUT2D eigenvalue weighted by Crippen LogP contribution is -2.22. The van der Waals surface area contributed by atoms with Crippen LogP contribution in [0, 0.1) is 27.7 Å². The van der Waals surface area contributed by atoms with Crippen LogP contribution in [-0.2, 0) is 12.3 Å². The summed E-state index contributed by atoms with van der Waals surface area (Å²) in [7, 11) is 0. The maximum absolute atomic E-state index is 13.0. The van der Waals surface area contributed by atoms with Gasteiger partial charge in [-0.1, -0.05) is 36.0 Å². The van der Waals surface area contributed by atoms with E-state index in [1.54, 1.807) is 33.7 Å². The molecule has 5 heteroatoms. The summed E-state index contributed by atoms with van der Waals surface area (Å²) in [6.45, 7) is 12.5. The number of hydrogen-bond acceptors (Lipinski definition) is 4. The number of aromatic nitrogens is 2. The van der Waals surface area contributed by atoms with Crippen LogP contribution >= 0.6 is 23.1 Å². The van der Waals surface area contributed by atoms with Crippen LogP contribution in [0.2, 0.25) is 0 Å². The second-order valence-electron chi connectivity index (χ2n) is 6.27. The van der Waals surface area contributed by atoms with Crippen molar-refractivity contribution in [1.29, 1.82) is 0 Å². The monoisotopic (exact) mass is 370 g/mol. The van der Waals surface area contributed by atoms with E-state index in [-0.39, 0.29) is 5.56 Å². The van der Waals surface area contributed by atoms with Gasteiger partial charge in [0.2, 0.25) is 0 Å². The Morgan fingerprint density at radius 2 is 2.00 bits per heavy atom. The van der Waals surface area contributed by atoms with Crippen molar-refractivity contribution in [2.45, 2.75) is 45.1 Å². The number of benzene rings is 1. The summed E-state index contributed by atoms with van der Waals surface area (Å²) in [5, 5.41) is 1.51. The Morgan fingerprint density at radius 1 is 1.24 bits per heavy atom. The fourth-order valence-electron chi connectivity index (χ4n) is 2.75. The summed E-state index contributed by atoms with van der Waals surface area (Å²) in [6.07, 6.45) is 1.75. The van der Waals surface area contributed by atoms with Crippen molar-refractivity contribution in [2.75, 3.05) is 0 Å². The van der Waals surface area contributed by atoms with Crippen LogP contribution in [0.5, 0.6) is 0 Å². The third-order valence-electron chi connectivity index (χ3n) is 4.50. The maximum atomic E-state index is 13.0. The van der Waals surface area contributed by atoms with E-state index in [4.69, 9.17) is 4.98 Å². The summed E-state index contributed by atoms with van der Waals surface area (Å²) < 4.78 is 1.74. The molecule has 0 saturated carbocycles. The highest BCUT2D eigenvalue weighted by atomic mass is 32.2. The largest absolute Gasteiger partial charge is 0.283 e. The molecule has 0 atom stereocenters. The highest BCUT2D eigenvalue weighted by Crippen LogP contribution is 2.29. The van der Waals surface area contributed by atoms with Gasteiger partial charge in [0, 0.05) is 17.2 Å². The first-order valence-electron chi connectivity index (χ1n) is 8.22. The van der Waals surface area contributed by atoms with Gasteiger partial charge in [-0.15, -0.1) is 17.9 Å². The van der Waals surface area contributed by atoms with E-state index in [1.807, 2.05) is 13.8 Å². The molecule has 1 aromatic carbocycles. The Bertz CT molecular complexity index is 1010. The van der Waals surface area contributed by atoms with Gasteiger partial charge in [-0.2, -0.15) is 0 Å². The van der Waals surface area contributed by atoms with Crippen LogP contribution < -0.4 is 5.56 Å². The van der Waals surface area contributed by atoms with Gasteiger partial charge in [-0.3, -0.25) is 9.36 Å². The van der Waals surface area contributed by atoms with Crippen molar-refractivity contribution in [3.8, 4) is 0 Å². The van der Waals surface area contributed by atoms with E-state index in [2.05, 4.69) is 38.6 Å². The lowest BCUT2D eigenvalue weighted by Gasteiger charge is -2.11. The molecule has 130 valence electrons. The van der Waals surface area contributed by atoms with Crippen molar-refractivity contribution < 1.29 is 0 Å². The molecular weight excluding hydrogens is 348 g/mol. The number of thioether (sulfide) groups is 1. The number of aryl methyl sites for hydroxylation is 4. The molecule has 25 heavy (non-hydrogen) atoms. The molecule has 0 amide bonds. The fourth-order valence-corrected chi connectivity index (χ4v) is 4.77. The molecule has 0 unspecified atom stereocenters. The van der Waals surface area contributed by atoms with Gasteiger partial charge in [0.25, 0.3) is 5.56 Å². The van der Waals surface area contributed by atoms with Crippen LogP contribution in [0.4, 0.5) is 0 Å². The normalized spacial score (nSPS) is 11.2. The number of fused-ring (bicyclic) bond motifs is 1. The summed E-state index contributed by atoms with van der Waals surface area (Å²) >= 11 is 3.21. The SMILES string of the molecule is C=CCn1c(SCc2ccc(C)c(C)c2)nc2sc(C)c(C)c2c1=O. The minimum Gasteiger partial charge on any atom is -0.283 e. The molecule has 0 bridgehead atoms. The predicted octanol–water partition coefficient (Wildman–Crippen LogP) is 5.17. The highest BCUT2D eigenvalue weighted by Gasteiger charge is 2.16. The van der Waals surface area contributed by atoms with Gasteiger partial charge in [0.05, 0.1) is 5.39 Å². The zero-order valence-corrected chi connectivity index (χ0v) is 16.7. The summed E-state index contributed by atoms with van der Waals surface area (Å²) in [5.41, 5.74) is 4.90. The van der Waals surface area contributed by atoms with Crippen molar-refractivity contribution >= 4 is 33.3 Å². The second kappa shape index (κ2) is 7.18. The second-order valence-corrected chi connectivity index (χ2v) is 8.42. The molecule has 0 aliphatic carbocycles.